The van der Waals surface area contributed by atoms with Crippen molar-refractivity contribution in [3.05, 3.63) is 0 Å². The van der Waals surface area contributed by atoms with Crippen molar-refractivity contribution in [2.75, 3.05) is 7.11 Å². The zero-order valence-electron chi connectivity index (χ0n) is 11.9. The highest BCUT2D eigenvalue weighted by atomic mass is 16.7. The van der Waals surface area contributed by atoms with Crippen molar-refractivity contribution >= 4 is 12.4 Å². The van der Waals surface area contributed by atoms with Gasteiger partial charge in [0.1, 0.15) is 0 Å². The summed E-state index contributed by atoms with van der Waals surface area (Å²) in [6.45, 7) is 0. The van der Waals surface area contributed by atoms with E-state index in [2.05, 4.69) is 4.74 Å². The zero-order valence-corrected chi connectivity index (χ0v) is 11.9. The number of carbonyl (C=O) groups excluding carboxylic acids is 1. The number of carbonyl (C=O) groups is 1. The number of nitrogens with zero attached hydrogens (tertiary/aromatic N) is 1. The Labute approximate surface area is 115 Å². The van der Waals surface area contributed by atoms with Crippen LogP contribution in [-0.4, -0.2) is 31.1 Å². The van der Waals surface area contributed by atoms with Crippen LogP contribution in [0.25, 0.3) is 0 Å². The Morgan fingerprint density at radius 1 is 1.11 bits per heavy atom. The summed E-state index contributed by atoms with van der Waals surface area (Å²) in [4.78, 5) is 16.1. The Morgan fingerprint density at radius 2 is 1.74 bits per heavy atom. The molecule has 4 heteroatoms. The third-order valence-corrected chi connectivity index (χ3v) is 4.25. The van der Waals surface area contributed by atoms with E-state index in [0.29, 0.717) is 6.04 Å². The average molecular weight is 267 g/mol. The maximum absolute atomic E-state index is 11.4. The minimum Gasteiger partial charge on any atom is -0.438 e. The first kappa shape index (κ1) is 14.4. The molecule has 2 aliphatic carbocycles. The molecule has 0 aromatic rings. The molecular formula is C15H25NO3. The van der Waals surface area contributed by atoms with E-state index in [4.69, 9.17) is 9.73 Å². The van der Waals surface area contributed by atoms with E-state index in [1.54, 1.807) is 0 Å². The van der Waals surface area contributed by atoms with Gasteiger partial charge in [0.15, 0.2) is 5.60 Å². The Morgan fingerprint density at radius 3 is 2.37 bits per heavy atom. The van der Waals surface area contributed by atoms with Crippen LogP contribution in [0.3, 0.4) is 0 Å². The van der Waals surface area contributed by atoms with Crippen LogP contribution in [0.2, 0.25) is 0 Å². The minimum absolute atomic E-state index is 0.425. The molecule has 0 aliphatic heterocycles. The highest BCUT2D eigenvalue weighted by Gasteiger charge is 2.35. The van der Waals surface area contributed by atoms with Crippen LogP contribution in [0.15, 0.2) is 4.99 Å². The Hall–Kier alpha value is -1.06. The smallest absolute Gasteiger partial charge is 0.438 e. The molecular weight excluding hydrogens is 242 g/mol. The van der Waals surface area contributed by atoms with Gasteiger partial charge in [-0.15, -0.1) is 0 Å². The fourth-order valence-corrected chi connectivity index (χ4v) is 3.09. The van der Waals surface area contributed by atoms with Crippen molar-refractivity contribution in [1.82, 2.24) is 0 Å². The molecule has 0 heterocycles. The summed E-state index contributed by atoms with van der Waals surface area (Å²) >= 11 is 0. The van der Waals surface area contributed by atoms with E-state index in [-0.39, 0.29) is 0 Å². The van der Waals surface area contributed by atoms with Gasteiger partial charge in [-0.1, -0.05) is 25.7 Å². The molecule has 0 aromatic carbocycles. The molecule has 108 valence electrons. The Bertz CT molecular complexity index is 315. The maximum Gasteiger partial charge on any atom is 0.508 e. The van der Waals surface area contributed by atoms with Crippen LogP contribution in [-0.2, 0) is 9.47 Å². The van der Waals surface area contributed by atoms with E-state index < -0.39 is 11.8 Å². The van der Waals surface area contributed by atoms with E-state index in [0.717, 1.165) is 25.7 Å². The monoisotopic (exact) mass is 267 g/mol. The van der Waals surface area contributed by atoms with Crippen molar-refractivity contribution in [2.45, 2.75) is 75.9 Å². The van der Waals surface area contributed by atoms with Crippen molar-refractivity contribution in [3.8, 4) is 0 Å². The molecule has 0 unspecified atom stereocenters. The second kappa shape index (κ2) is 6.92. The molecule has 0 radical (unpaired) electrons. The number of methoxy groups -OCH3 is 1. The molecule has 0 aromatic heterocycles. The summed E-state index contributed by atoms with van der Waals surface area (Å²) in [5.41, 5.74) is -0.511. The minimum atomic E-state index is -0.586. The highest BCUT2D eigenvalue weighted by molar-refractivity contribution is 5.73. The van der Waals surface area contributed by atoms with Crippen LogP contribution in [0, 0.1) is 0 Å². The summed E-state index contributed by atoms with van der Waals surface area (Å²) in [5, 5.41) is 0. The molecule has 0 amide bonds. The Kier molecular flexibility index (Phi) is 5.23. The SMILES string of the molecule is COC(=O)OC1(C=NC2CCCCC2)CCCCC1. The Balaban J connectivity index is 1.99. The molecule has 0 bridgehead atoms. The van der Waals surface area contributed by atoms with Gasteiger partial charge >= 0.3 is 6.16 Å². The number of hydrogen-bond donors (Lipinski definition) is 0. The number of hydrogen-bond acceptors (Lipinski definition) is 4. The van der Waals surface area contributed by atoms with Gasteiger partial charge in [0.25, 0.3) is 0 Å². The molecule has 2 saturated carbocycles. The molecule has 0 atom stereocenters. The van der Waals surface area contributed by atoms with Gasteiger partial charge in [0, 0.05) is 12.3 Å². The maximum atomic E-state index is 11.4. The zero-order chi connectivity index (χ0) is 13.6. The second-order valence-electron chi connectivity index (χ2n) is 5.75. The van der Waals surface area contributed by atoms with Gasteiger partial charge in [0.2, 0.25) is 0 Å². The summed E-state index contributed by atoms with van der Waals surface area (Å²) in [6.07, 6.45) is 12.7. The lowest BCUT2D eigenvalue weighted by molar-refractivity contribution is -0.00530. The van der Waals surface area contributed by atoms with Crippen LogP contribution < -0.4 is 0 Å². The molecule has 0 spiro atoms. The lowest BCUT2D eigenvalue weighted by Gasteiger charge is -2.33. The second-order valence-corrected chi connectivity index (χ2v) is 5.75. The van der Waals surface area contributed by atoms with Gasteiger partial charge in [-0.05, 0) is 38.5 Å². The van der Waals surface area contributed by atoms with E-state index in [1.807, 2.05) is 6.21 Å². The van der Waals surface area contributed by atoms with Gasteiger partial charge in [-0.2, -0.15) is 0 Å². The van der Waals surface area contributed by atoms with Gasteiger partial charge in [0.05, 0.1) is 7.11 Å². The summed E-state index contributed by atoms with van der Waals surface area (Å²) < 4.78 is 10.2. The van der Waals surface area contributed by atoms with Crippen molar-refractivity contribution in [2.24, 2.45) is 4.99 Å². The van der Waals surface area contributed by atoms with E-state index >= 15 is 0 Å². The fraction of sp³-hybridized carbons (Fsp3) is 0.867. The number of rotatable bonds is 3. The van der Waals surface area contributed by atoms with E-state index in [9.17, 15) is 4.79 Å². The number of ether oxygens (including phenoxy) is 2. The predicted octanol–water partition coefficient (Wildman–Crippen LogP) is 3.88. The summed E-state index contributed by atoms with van der Waals surface area (Å²) in [5.74, 6) is 0. The van der Waals surface area contributed by atoms with Gasteiger partial charge < -0.3 is 9.47 Å². The quantitative estimate of drug-likeness (QED) is 0.576. The molecule has 0 saturated heterocycles. The topological polar surface area (TPSA) is 47.9 Å². The molecule has 2 rings (SSSR count). The van der Waals surface area contributed by atoms with Crippen molar-refractivity contribution in [1.29, 1.82) is 0 Å². The van der Waals surface area contributed by atoms with Crippen LogP contribution in [0.5, 0.6) is 0 Å². The standard InChI is InChI=1S/C15H25NO3/c1-18-14(17)19-15(10-6-3-7-11-15)12-16-13-8-4-2-5-9-13/h12-13H,2-11H2,1H3. The van der Waals surface area contributed by atoms with Gasteiger partial charge in [-0.3, -0.25) is 4.99 Å². The third kappa shape index (κ3) is 4.22. The van der Waals surface area contributed by atoms with Crippen molar-refractivity contribution in [3.63, 3.8) is 0 Å². The van der Waals surface area contributed by atoms with Crippen LogP contribution in [0.1, 0.15) is 64.2 Å². The first-order chi connectivity index (χ1) is 9.24. The van der Waals surface area contributed by atoms with Gasteiger partial charge in [-0.25, -0.2) is 4.79 Å². The first-order valence-electron chi connectivity index (χ1n) is 7.55. The lowest BCUT2D eigenvalue weighted by Crippen LogP contribution is -2.39. The highest BCUT2D eigenvalue weighted by Crippen LogP contribution is 2.31. The van der Waals surface area contributed by atoms with Crippen LogP contribution >= 0.6 is 0 Å². The molecule has 4 nitrogen and oxygen atoms in total. The van der Waals surface area contributed by atoms with Crippen molar-refractivity contribution < 1.29 is 14.3 Å². The molecule has 0 N–H and O–H groups in total. The first-order valence-corrected chi connectivity index (χ1v) is 7.55. The number of aliphatic imine (C=N–C) groups is 1. The largest absolute Gasteiger partial charge is 0.508 e. The van der Waals surface area contributed by atoms with Crippen LogP contribution in [0.4, 0.5) is 4.79 Å². The average Bonchev–Trinajstić information content (AvgIpc) is 2.47. The third-order valence-electron chi connectivity index (χ3n) is 4.25. The molecule has 2 fully saturated rings. The summed E-state index contributed by atoms with van der Waals surface area (Å²) in [7, 11) is 1.36. The van der Waals surface area contributed by atoms with E-state index in [1.165, 1.54) is 45.6 Å². The fourth-order valence-electron chi connectivity index (χ4n) is 3.09. The molecule has 2 aliphatic rings. The normalized spacial score (nSPS) is 24.3. The molecule has 19 heavy (non-hydrogen) atoms. The lowest BCUT2D eigenvalue weighted by atomic mass is 9.85. The summed E-state index contributed by atoms with van der Waals surface area (Å²) in [6, 6.07) is 0.425. The predicted molar refractivity (Wildman–Crippen MR) is 74.7 cm³/mol.